The van der Waals surface area contributed by atoms with Crippen molar-refractivity contribution in [2.75, 3.05) is 7.05 Å². The normalized spacial score (nSPS) is 12.9. The second-order valence-corrected chi connectivity index (χ2v) is 5.01. The zero-order valence-electron chi connectivity index (χ0n) is 10.5. The summed E-state index contributed by atoms with van der Waals surface area (Å²) in [6.45, 7) is 5.06. The van der Waals surface area contributed by atoms with Crippen LogP contribution in [0.15, 0.2) is 17.8 Å². The van der Waals surface area contributed by atoms with Gasteiger partial charge in [-0.25, -0.2) is 0 Å². The zero-order valence-corrected chi connectivity index (χ0v) is 11.3. The lowest BCUT2D eigenvalue weighted by Crippen LogP contribution is -2.22. The summed E-state index contributed by atoms with van der Waals surface area (Å²) in [6, 6.07) is 2.46. The van der Waals surface area contributed by atoms with Gasteiger partial charge in [-0.05, 0) is 27.0 Å². The molecule has 0 radical (unpaired) electrons. The van der Waals surface area contributed by atoms with Crippen molar-refractivity contribution in [1.29, 1.82) is 0 Å². The van der Waals surface area contributed by atoms with Gasteiger partial charge in [-0.2, -0.15) is 5.10 Å². The van der Waals surface area contributed by atoms with Gasteiger partial charge in [0.05, 0.1) is 22.9 Å². The SMILES string of the molecule is CCn1nc(C)cc1C(Cc1cncs1)NC. The van der Waals surface area contributed by atoms with E-state index in [1.807, 2.05) is 25.7 Å². The highest BCUT2D eigenvalue weighted by Crippen LogP contribution is 2.21. The second-order valence-electron chi connectivity index (χ2n) is 4.04. The van der Waals surface area contributed by atoms with Crippen LogP contribution in [0.3, 0.4) is 0 Å². The molecule has 0 spiro atoms. The molecule has 0 aliphatic heterocycles. The van der Waals surface area contributed by atoms with Crippen molar-refractivity contribution in [2.45, 2.75) is 32.9 Å². The summed E-state index contributed by atoms with van der Waals surface area (Å²) in [5.74, 6) is 0. The minimum absolute atomic E-state index is 0.302. The van der Waals surface area contributed by atoms with Crippen molar-refractivity contribution >= 4 is 11.3 Å². The highest BCUT2D eigenvalue weighted by molar-refractivity contribution is 7.09. The van der Waals surface area contributed by atoms with Crippen molar-refractivity contribution in [2.24, 2.45) is 0 Å². The van der Waals surface area contributed by atoms with E-state index in [-0.39, 0.29) is 0 Å². The molecule has 4 nitrogen and oxygen atoms in total. The summed E-state index contributed by atoms with van der Waals surface area (Å²) in [7, 11) is 1.99. The number of nitrogens with one attached hydrogen (secondary N) is 1. The first-order chi connectivity index (χ1) is 8.24. The van der Waals surface area contributed by atoms with Gasteiger partial charge in [0, 0.05) is 24.0 Å². The van der Waals surface area contributed by atoms with Crippen LogP contribution < -0.4 is 5.32 Å². The fourth-order valence-electron chi connectivity index (χ4n) is 2.00. The van der Waals surface area contributed by atoms with Crippen LogP contribution in [0, 0.1) is 6.92 Å². The van der Waals surface area contributed by atoms with Gasteiger partial charge in [-0.1, -0.05) is 0 Å². The lowest BCUT2D eigenvalue weighted by Gasteiger charge is -2.16. The number of likely N-dealkylation sites (N-methyl/N-ethyl adjacent to an activating group) is 1. The first-order valence-corrected chi connectivity index (χ1v) is 6.71. The Morgan fingerprint density at radius 3 is 2.94 bits per heavy atom. The predicted octanol–water partition coefficient (Wildman–Crippen LogP) is 2.17. The third-order valence-electron chi connectivity index (χ3n) is 2.83. The Kier molecular flexibility index (Phi) is 3.91. The fraction of sp³-hybridized carbons (Fsp3) is 0.500. The van der Waals surface area contributed by atoms with E-state index in [4.69, 9.17) is 0 Å². The Balaban J connectivity index is 2.22. The minimum Gasteiger partial charge on any atom is -0.311 e. The third kappa shape index (κ3) is 2.73. The third-order valence-corrected chi connectivity index (χ3v) is 3.63. The molecule has 2 aromatic heterocycles. The fourth-order valence-corrected chi connectivity index (χ4v) is 2.64. The van der Waals surface area contributed by atoms with Gasteiger partial charge >= 0.3 is 0 Å². The van der Waals surface area contributed by atoms with Crippen LogP contribution in [0.5, 0.6) is 0 Å². The second kappa shape index (κ2) is 5.42. The minimum atomic E-state index is 0.302. The lowest BCUT2D eigenvalue weighted by atomic mass is 10.1. The van der Waals surface area contributed by atoms with Crippen LogP contribution in [0.1, 0.15) is 29.2 Å². The van der Waals surface area contributed by atoms with E-state index < -0.39 is 0 Å². The summed E-state index contributed by atoms with van der Waals surface area (Å²) in [4.78, 5) is 5.42. The number of aromatic nitrogens is 3. The summed E-state index contributed by atoms with van der Waals surface area (Å²) < 4.78 is 2.07. The number of hydrogen-bond donors (Lipinski definition) is 1. The largest absolute Gasteiger partial charge is 0.311 e. The smallest absolute Gasteiger partial charge is 0.0794 e. The van der Waals surface area contributed by atoms with Crippen molar-refractivity contribution in [3.05, 3.63) is 34.0 Å². The van der Waals surface area contributed by atoms with Crippen LogP contribution in [-0.4, -0.2) is 21.8 Å². The molecule has 92 valence electrons. The molecule has 5 heteroatoms. The highest BCUT2D eigenvalue weighted by atomic mass is 32.1. The number of hydrogen-bond acceptors (Lipinski definition) is 4. The summed E-state index contributed by atoms with van der Waals surface area (Å²) in [6.07, 6.45) is 2.90. The molecule has 1 N–H and O–H groups in total. The van der Waals surface area contributed by atoms with E-state index in [0.29, 0.717) is 6.04 Å². The van der Waals surface area contributed by atoms with Gasteiger partial charge in [-0.3, -0.25) is 9.67 Å². The molecule has 17 heavy (non-hydrogen) atoms. The van der Waals surface area contributed by atoms with Gasteiger partial charge in [0.1, 0.15) is 0 Å². The number of aryl methyl sites for hydroxylation is 2. The first-order valence-electron chi connectivity index (χ1n) is 5.83. The van der Waals surface area contributed by atoms with Gasteiger partial charge in [0.2, 0.25) is 0 Å². The maximum Gasteiger partial charge on any atom is 0.0794 e. The molecule has 0 bridgehead atoms. The summed E-state index contributed by atoms with van der Waals surface area (Å²) in [5, 5.41) is 7.85. The topological polar surface area (TPSA) is 42.7 Å². The molecular formula is C12H18N4S. The van der Waals surface area contributed by atoms with Gasteiger partial charge < -0.3 is 5.32 Å². The molecule has 0 aromatic carbocycles. The molecule has 0 amide bonds. The number of nitrogens with zero attached hydrogens (tertiary/aromatic N) is 3. The Labute approximate surface area is 106 Å². The van der Waals surface area contributed by atoms with Gasteiger partial charge in [-0.15, -0.1) is 11.3 Å². The van der Waals surface area contributed by atoms with Crippen LogP contribution in [-0.2, 0) is 13.0 Å². The molecule has 0 fully saturated rings. The van der Waals surface area contributed by atoms with Crippen molar-refractivity contribution in [1.82, 2.24) is 20.1 Å². The van der Waals surface area contributed by atoms with Crippen molar-refractivity contribution in [3.8, 4) is 0 Å². The van der Waals surface area contributed by atoms with Crippen molar-refractivity contribution < 1.29 is 0 Å². The van der Waals surface area contributed by atoms with E-state index >= 15 is 0 Å². The summed E-state index contributed by atoms with van der Waals surface area (Å²) >= 11 is 1.70. The van der Waals surface area contributed by atoms with E-state index in [1.165, 1.54) is 10.6 Å². The summed E-state index contributed by atoms with van der Waals surface area (Å²) in [5.41, 5.74) is 4.21. The monoisotopic (exact) mass is 250 g/mol. The Morgan fingerprint density at radius 2 is 2.35 bits per heavy atom. The van der Waals surface area contributed by atoms with E-state index in [1.54, 1.807) is 11.3 Å². The molecule has 2 aromatic rings. The Bertz CT molecular complexity index is 461. The van der Waals surface area contributed by atoms with E-state index in [2.05, 4.69) is 33.1 Å². The first kappa shape index (κ1) is 12.3. The van der Waals surface area contributed by atoms with Crippen LogP contribution in [0.2, 0.25) is 0 Å². The predicted molar refractivity (Wildman–Crippen MR) is 70.3 cm³/mol. The van der Waals surface area contributed by atoms with Gasteiger partial charge in [0.15, 0.2) is 0 Å². The van der Waals surface area contributed by atoms with Crippen molar-refractivity contribution in [3.63, 3.8) is 0 Å². The molecule has 1 unspecified atom stereocenters. The molecule has 2 rings (SSSR count). The standard InChI is InChI=1S/C12H18N4S/c1-4-16-12(5-9(2)15-16)11(13-3)6-10-7-14-8-17-10/h5,7-8,11,13H,4,6H2,1-3H3. The molecule has 0 aliphatic carbocycles. The maximum atomic E-state index is 4.49. The maximum absolute atomic E-state index is 4.49. The quantitative estimate of drug-likeness (QED) is 0.884. The Hall–Kier alpha value is -1.20. The molecule has 0 aliphatic rings. The average molecular weight is 250 g/mol. The average Bonchev–Trinajstić information content (AvgIpc) is 2.94. The number of rotatable bonds is 5. The van der Waals surface area contributed by atoms with Crippen LogP contribution >= 0.6 is 11.3 Å². The molecular weight excluding hydrogens is 232 g/mol. The molecule has 1 atom stereocenters. The molecule has 0 saturated heterocycles. The van der Waals surface area contributed by atoms with E-state index in [0.717, 1.165) is 18.7 Å². The van der Waals surface area contributed by atoms with Crippen LogP contribution in [0.25, 0.3) is 0 Å². The molecule has 0 saturated carbocycles. The highest BCUT2D eigenvalue weighted by Gasteiger charge is 2.16. The van der Waals surface area contributed by atoms with E-state index in [9.17, 15) is 0 Å². The Morgan fingerprint density at radius 1 is 1.53 bits per heavy atom. The lowest BCUT2D eigenvalue weighted by molar-refractivity contribution is 0.515. The zero-order chi connectivity index (χ0) is 12.3. The number of thiazole rings is 1. The molecule has 2 heterocycles. The van der Waals surface area contributed by atoms with Gasteiger partial charge in [0.25, 0.3) is 0 Å². The van der Waals surface area contributed by atoms with Crippen LogP contribution in [0.4, 0.5) is 0 Å².